The highest BCUT2D eigenvalue weighted by Gasteiger charge is 2.13. The fraction of sp³-hybridized carbons (Fsp3) is 0.467. The molecule has 8 nitrogen and oxygen atoms in total. The molecule has 0 unspecified atom stereocenters. The molecule has 2 rings (SSSR count). The number of rotatable bonds is 6. The van der Waals surface area contributed by atoms with Crippen molar-refractivity contribution in [2.45, 2.75) is 6.42 Å². The topological polar surface area (TPSA) is 109 Å². The van der Waals surface area contributed by atoms with Crippen molar-refractivity contribution in [3.05, 3.63) is 24.3 Å². The number of hydrogen-bond acceptors (Lipinski definition) is 6. The number of amides is 2. The lowest BCUT2D eigenvalue weighted by Crippen LogP contribution is -2.43. The van der Waals surface area contributed by atoms with E-state index >= 15 is 0 Å². The fourth-order valence-electron chi connectivity index (χ4n) is 2.16. The molecule has 1 saturated heterocycles. The van der Waals surface area contributed by atoms with Gasteiger partial charge in [-0.3, -0.25) is 25.3 Å². The van der Waals surface area contributed by atoms with Gasteiger partial charge in [-0.25, -0.2) is 0 Å². The largest absolute Gasteiger partial charge is 0.399 e. The maximum atomic E-state index is 11.7. The lowest BCUT2D eigenvalue weighted by Gasteiger charge is -2.26. The minimum atomic E-state index is -0.729. The zero-order valence-corrected chi connectivity index (χ0v) is 13.0. The number of hydrogen-bond donors (Lipinski definition) is 4. The van der Waals surface area contributed by atoms with Gasteiger partial charge >= 0.3 is 11.8 Å². The van der Waals surface area contributed by atoms with Crippen LogP contribution in [-0.4, -0.2) is 56.1 Å². The van der Waals surface area contributed by atoms with Crippen LogP contribution >= 0.6 is 0 Å². The number of anilines is 2. The summed E-state index contributed by atoms with van der Waals surface area (Å²) in [6.45, 7) is 4.69. The highest BCUT2D eigenvalue weighted by molar-refractivity contribution is 6.35. The van der Waals surface area contributed by atoms with E-state index in [1.807, 2.05) is 0 Å². The Morgan fingerprint density at radius 1 is 1.13 bits per heavy atom. The SMILES string of the molecule is Nc1ccc(NNC(=O)C(=O)NCCCN2CCOCC2)cc1. The van der Waals surface area contributed by atoms with Gasteiger partial charge in [0.25, 0.3) is 0 Å². The maximum absolute atomic E-state index is 11.7. The molecule has 1 aromatic rings. The second-order valence-corrected chi connectivity index (χ2v) is 5.26. The van der Waals surface area contributed by atoms with Crippen molar-refractivity contribution < 1.29 is 14.3 Å². The van der Waals surface area contributed by atoms with Gasteiger partial charge in [0, 0.05) is 25.3 Å². The van der Waals surface area contributed by atoms with Crippen LogP contribution in [0.15, 0.2) is 24.3 Å². The molecule has 1 fully saturated rings. The Morgan fingerprint density at radius 3 is 2.52 bits per heavy atom. The molecule has 5 N–H and O–H groups in total. The van der Waals surface area contributed by atoms with E-state index in [4.69, 9.17) is 10.5 Å². The number of nitrogens with one attached hydrogen (secondary N) is 3. The van der Waals surface area contributed by atoms with E-state index in [1.54, 1.807) is 24.3 Å². The number of nitrogen functional groups attached to an aromatic ring is 1. The third-order valence-electron chi connectivity index (χ3n) is 3.48. The van der Waals surface area contributed by atoms with E-state index in [0.29, 0.717) is 17.9 Å². The van der Waals surface area contributed by atoms with Gasteiger partial charge in [0.15, 0.2) is 0 Å². The van der Waals surface area contributed by atoms with Crippen LogP contribution in [0.25, 0.3) is 0 Å². The van der Waals surface area contributed by atoms with Crippen molar-refractivity contribution in [1.82, 2.24) is 15.6 Å². The smallest absolute Gasteiger partial charge is 0.327 e. The van der Waals surface area contributed by atoms with Crippen molar-refractivity contribution in [2.75, 3.05) is 50.6 Å². The second-order valence-electron chi connectivity index (χ2n) is 5.26. The first kappa shape index (κ1) is 17.0. The van der Waals surface area contributed by atoms with Gasteiger partial charge in [0.2, 0.25) is 0 Å². The first-order valence-corrected chi connectivity index (χ1v) is 7.65. The molecule has 126 valence electrons. The average molecular weight is 321 g/mol. The van der Waals surface area contributed by atoms with Crippen molar-refractivity contribution in [1.29, 1.82) is 0 Å². The summed E-state index contributed by atoms with van der Waals surface area (Å²) in [5.74, 6) is -1.39. The normalized spacial score (nSPS) is 15.0. The number of carbonyl (C=O) groups is 2. The molecular weight excluding hydrogens is 298 g/mol. The second kappa shape index (κ2) is 8.96. The number of benzene rings is 1. The number of carbonyl (C=O) groups excluding carboxylic acids is 2. The predicted molar refractivity (Wildman–Crippen MR) is 87.5 cm³/mol. The summed E-state index contributed by atoms with van der Waals surface area (Å²) < 4.78 is 5.27. The molecule has 8 heteroatoms. The van der Waals surface area contributed by atoms with Crippen molar-refractivity contribution in [3.8, 4) is 0 Å². The molecule has 2 amide bonds. The number of nitrogens with two attached hydrogens (primary N) is 1. The van der Waals surface area contributed by atoms with Gasteiger partial charge in [-0.15, -0.1) is 0 Å². The minimum Gasteiger partial charge on any atom is -0.399 e. The zero-order chi connectivity index (χ0) is 16.5. The Balaban J connectivity index is 1.59. The molecule has 1 aromatic carbocycles. The molecule has 0 atom stereocenters. The summed E-state index contributed by atoms with van der Waals surface area (Å²) in [4.78, 5) is 25.6. The molecule has 0 saturated carbocycles. The van der Waals surface area contributed by atoms with Gasteiger partial charge in [-0.05, 0) is 37.2 Å². The molecule has 0 aliphatic carbocycles. The Morgan fingerprint density at radius 2 is 1.83 bits per heavy atom. The fourth-order valence-corrected chi connectivity index (χ4v) is 2.16. The highest BCUT2D eigenvalue weighted by atomic mass is 16.5. The van der Waals surface area contributed by atoms with Gasteiger partial charge < -0.3 is 15.8 Å². The summed E-state index contributed by atoms with van der Waals surface area (Å²) in [7, 11) is 0. The van der Waals surface area contributed by atoms with E-state index in [2.05, 4.69) is 21.1 Å². The quantitative estimate of drug-likeness (QED) is 0.245. The lowest BCUT2D eigenvalue weighted by atomic mass is 10.3. The molecule has 0 radical (unpaired) electrons. The van der Waals surface area contributed by atoms with Gasteiger partial charge in [0.05, 0.1) is 18.9 Å². The molecule has 0 aromatic heterocycles. The molecular formula is C15H23N5O3. The predicted octanol–water partition coefficient (Wildman–Crippen LogP) is -0.450. The van der Waals surface area contributed by atoms with Crippen LogP contribution in [0.1, 0.15) is 6.42 Å². The average Bonchev–Trinajstić information content (AvgIpc) is 2.58. The van der Waals surface area contributed by atoms with E-state index in [0.717, 1.165) is 39.3 Å². The van der Waals surface area contributed by atoms with Crippen molar-refractivity contribution >= 4 is 23.2 Å². The Kier molecular flexibility index (Phi) is 6.64. The third-order valence-corrected chi connectivity index (χ3v) is 3.48. The Bertz CT molecular complexity index is 514. The summed E-state index contributed by atoms with van der Waals surface area (Å²) in [5.41, 5.74) is 11.8. The summed E-state index contributed by atoms with van der Waals surface area (Å²) in [6, 6.07) is 6.80. The van der Waals surface area contributed by atoms with E-state index in [-0.39, 0.29) is 0 Å². The van der Waals surface area contributed by atoms with Crippen LogP contribution in [0.4, 0.5) is 11.4 Å². The first-order chi connectivity index (χ1) is 11.1. The van der Waals surface area contributed by atoms with E-state index in [9.17, 15) is 9.59 Å². The zero-order valence-electron chi connectivity index (χ0n) is 13.0. The molecule has 1 aliphatic heterocycles. The molecule has 1 aliphatic rings. The van der Waals surface area contributed by atoms with E-state index in [1.165, 1.54) is 0 Å². The van der Waals surface area contributed by atoms with Gasteiger partial charge in [-0.2, -0.15) is 0 Å². The lowest BCUT2D eigenvalue weighted by molar-refractivity contribution is -0.138. The van der Waals surface area contributed by atoms with Gasteiger partial charge in [0.1, 0.15) is 0 Å². The summed E-state index contributed by atoms with van der Waals surface area (Å²) in [5, 5.41) is 2.60. The van der Waals surface area contributed by atoms with Crippen LogP contribution < -0.4 is 21.9 Å². The van der Waals surface area contributed by atoms with Crippen LogP contribution in [0.3, 0.4) is 0 Å². The van der Waals surface area contributed by atoms with E-state index < -0.39 is 11.8 Å². The first-order valence-electron chi connectivity index (χ1n) is 7.65. The third kappa shape index (κ3) is 6.13. The molecule has 0 spiro atoms. The minimum absolute atomic E-state index is 0.464. The number of hydrazine groups is 1. The van der Waals surface area contributed by atoms with Crippen LogP contribution in [0, 0.1) is 0 Å². The van der Waals surface area contributed by atoms with Crippen molar-refractivity contribution in [3.63, 3.8) is 0 Å². The number of morpholine rings is 1. The Hall–Kier alpha value is -2.32. The monoisotopic (exact) mass is 321 g/mol. The molecule has 23 heavy (non-hydrogen) atoms. The highest BCUT2D eigenvalue weighted by Crippen LogP contribution is 2.08. The number of nitrogens with zero attached hydrogens (tertiary/aromatic N) is 1. The van der Waals surface area contributed by atoms with Crippen molar-refractivity contribution in [2.24, 2.45) is 0 Å². The summed E-state index contributed by atoms with van der Waals surface area (Å²) in [6.07, 6.45) is 0.796. The maximum Gasteiger partial charge on any atom is 0.327 e. The molecule has 0 bridgehead atoms. The van der Waals surface area contributed by atoms with Crippen LogP contribution in [-0.2, 0) is 14.3 Å². The van der Waals surface area contributed by atoms with Crippen LogP contribution in [0.2, 0.25) is 0 Å². The Labute approximate surface area is 135 Å². The van der Waals surface area contributed by atoms with Gasteiger partial charge in [-0.1, -0.05) is 0 Å². The summed E-state index contributed by atoms with van der Waals surface area (Å²) >= 11 is 0. The number of ether oxygens (including phenoxy) is 1. The molecule has 1 heterocycles. The van der Waals surface area contributed by atoms with Crippen LogP contribution in [0.5, 0.6) is 0 Å². The standard InChI is InChI=1S/C15H23N5O3/c16-12-2-4-13(5-3-12)18-19-15(22)14(21)17-6-1-7-20-8-10-23-11-9-20/h2-5,18H,1,6-11,16H2,(H,17,21)(H,19,22).